The maximum atomic E-state index is 13.6. The Morgan fingerprint density at radius 2 is 1.67 bits per heavy atom. The standard InChI is InChI=1S/C21H20N2O3S/c1-3-14-26-20-12-13-21(17-9-5-4-8-16(17)20)27(24,25)23-15(2)22-18-10-6-7-11-19(18)23/h4-13H,3,14H2,1-2H3. The summed E-state index contributed by atoms with van der Waals surface area (Å²) in [6.45, 7) is 4.33. The molecule has 1 aromatic heterocycles. The molecule has 0 radical (unpaired) electrons. The van der Waals surface area contributed by atoms with Crippen molar-refractivity contribution in [1.82, 2.24) is 8.96 Å². The Bertz CT molecular complexity index is 1240. The number of hydrogen-bond acceptors (Lipinski definition) is 4. The van der Waals surface area contributed by atoms with E-state index in [0.29, 0.717) is 34.6 Å². The van der Waals surface area contributed by atoms with Crippen LogP contribution in [-0.4, -0.2) is 24.0 Å². The van der Waals surface area contributed by atoms with Gasteiger partial charge in [0, 0.05) is 10.8 Å². The van der Waals surface area contributed by atoms with Gasteiger partial charge in [0.15, 0.2) is 0 Å². The molecule has 0 aliphatic rings. The average molecular weight is 380 g/mol. The Labute approximate surface area is 158 Å². The number of aromatic nitrogens is 2. The Hall–Kier alpha value is -2.86. The molecule has 0 spiro atoms. The molecule has 27 heavy (non-hydrogen) atoms. The van der Waals surface area contributed by atoms with Gasteiger partial charge in [0.25, 0.3) is 10.0 Å². The summed E-state index contributed by atoms with van der Waals surface area (Å²) in [6, 6.07) is 18.0. The lowest BCUT2D eigenvalue weighted by Crippen LogP contribution is -2.15. The van der Waals surface area contributed by atoms with E-state index in [-0.39, 0.29) is 4.90 Å². The van der Waals surface area contributed by atoms with Gasteiger partial charge in [0.05, 0.1) is 22.5 Å². The van der Waals surface area contributed by atoms with Crippen molar-refractivity contribution in [1.29, 1.82) is 0 Å². The van der Waals surface area contributed by atoms with Crippen molar-refractivity contribution >= 4 is 31.8 Å². The Morgan fingerprint density at radius 1 is 0.963 bits per heavy atom. The Morgan fingerprint density at radius 3 is 2.44 bits per heavy atom. The Kier molecular flexibility index (Phi) is 4.36. The van der Waals surface area contributed by atoms with Gasteiger partial charge in [-0.1, -0.05) is 43.3 Å². The summed E-state index contributed by atoms with van der Waals surface area (Å²) in [5.41, 5.74) is 1.23. The zero-order valence-corrected chi connectivity index (χ0v) is 16.0. The third kappa shape index (κ3) is 2.86. The van der Waals surface area contributed by atoms with Crippen molar-refractivity contribution in [3.63, 3.8) is 0 Å². The number of para-hydroxylation sites is 2. The number of imidazole rings is 1. The van der Waals surface area contributed by atoms with Gasteiger partial charge in [0.1, 0.15) is 11.6 Å². The van der Waals surface area contributed by atoms with Crippen molar-refractivity contribution in [3.05, 3.63) is 66.5 Å². The van der Waals surface area contributed by atoms with Crippen LogP contribution >= 0.6 is 0 Å². The van der Waals surface area contributed by atoms with Gasteiger partial charge in [-0.15, -0.1) is 0 Å². The normalized spacial score (nSPS) is 11.9. The molecule has 4 rings (SSSR count). The monoisotopic (exact) mass is 380 g/mol. The number of nitrogens with zero attached hydrogens (tertiary/aromatic N) is 2. The fourth-order valence-electron chi connectivity index (χ4n) is 3.33. The van der Waals surface area contributed by atoms with Crippen LogP contribution < -0.4 is 4.74 Å². The predicted molar refractivity (Wildman–Crippen MR) is 107 cm³/mol. The topological polar surface area (TPSA) is 61.2 Å². The van der Waals surface area contributed by atoms with Gasteiger partial charge in [-0.05, 0) is 37.6 Å². The zero-order chi connectivity index (χ0) is 19.0. The first-order chi connectivity index (χ1) is 13.0. The molecule has 3 aromatic carbocycles. The number of benzene rings is 3. The first-order valence-corrected chi connectivity index (χ1v) is 10.3. The van der Waals surface area contributed by atoms with Gasteiger partial charge < -0.3 is 4.74 Å². The zero-order valence-electron chi connectivity index (χ0n) is 15.2. The van der Waals surface area contributed by atoms with E-state index in [9.17, 15) is 8.42 Å². The molecule has 0 unspecified atom stereocenters. The van der Waals surface area contributed by atoms with Crippen molar-refractivity contribution in [2.75, 3.05) is 6.61 Å². The van der Waals surface area contributed by atoms with Crippen LogP contribution in [0, 0.1) is 6.92 Å². The molecular weight excluding hydrogens is 360 g/mol. The van der Waals surface area contributed by atoms with E-state index in [2.05, 4.69) is 4.98 Å². The van der Waals surface area contributed by atoms with Crippen molar-refractivity contribution in [2.45, 2.75) is 25.2 Å². The Balaban J connectivity index is 1.97. The van der Waals surface area contributed by atoms with Gasteiger partial charge in [0.2, 0.25) is 0 Å². The minimum atomic E-state index is -3.82. The van der Waals surface area contributed by atoms with Crippen molar-refractivity contribution in [2.24, 2.45) is 0 Å². The average Bonchev–Trinajstić information content (AvgIpc) is 3.02. The second-order valence-corrected chi connectivity index (χ2v) is 8.13. The molecule has 0 N–H and O–H groups in total. The van der Waals surface area contributed by atoms with Crippen LogP contribution in [0.1, 0.15) is 19.2 Å². The summed E-state index contributed by atoms with van der Waals surface area (Å²) in [5.74, 6) is 1.13. The highest BCUT2D eigenvalue weighted by molar-refractivity contribution is 7.90. The first-order valence-electron chi connectivity index (χ1n) is 8.88. The summed E-state index contributed by atoms with van der Waals surface area (Å²) >= 11 is 0. The summed E-state index contributed by atoms with van der Waals surface area (Å²) in [5, 5.41) is 1.43. The quantitative estimate of drug-likeness (QED) is 0.511. The van der Waals surface area contributed by atoms with Crippen LogP contribution in [0.15, 0.2) is 65.6 Å². The summed E-state index contributed by atoms with van der Waals surface area (Å²) in [6.07, 6.45) is 0.884. The highest BCUT2D eigenvalue weighted by atomic mass is 32.2. The molecule has 0 bridgehead atoms. The molecular formula is C21H20N2O3S. The second-order valence-electron chi connectivity index (χ2n) is 6.37. The largest absolute Gasteiger partial charge is 0.493 e. The lowest BCUT2D eigenvalue weighted by atomic mass is 10.1. The molecule has 0 saturated heterocycles. The summed E-state index contributed by atoms with van der Waals surface area (Å²) in [7, 11) is -3.82. The lowest BCUT2D eigenvalue weighted by Gasteiger charge is -2.14. The van der Waals surface area contributed by atoms with E-state index >= 15 is 0 Å². The smallest absolute Gasteiger partial charge is 0.270 e. The predicted octanol–water partition coefficient (Wildman–Crippen LogP) is 4.52. The highest BCUT2D eigenvalue weighted by Gasteiger charge is 2.25. The van der Waals surface area contributed by atoms with Crippen LogP contribution in [0.3, 0.4) is 0 Å². The molecule has 0 aliphatic heterocycles. The first kappa shape index (κ1) is 17.5. The molecule has 6 heteroatoms. The van der Waals surface area contributed by atoms with Crippen LogP contribution in [0.2, 0.25) is 0 Å². The van der Waals surface area contributed by atoms with E-state index in [1.807, 2.05) is 49.4 Å². The molecule has 0 atom stereocenters. The third-order valence-corrected chi connectivity index (χ3v) is 6.35. The number of aryl methyl sites for hydroxylation is 1. The number of rotatable bonds is 5. The molecule has 0 saturated carbocycles. The van der Waals surface area contributed by atoms with Gasteiger partial charge in [-0.3, -0.25) is 0 Å². The molecule has 0 fully saturated rings. The lowest BCUT2D eigenvalue weighted by molar-refractivity contribution is 0.321. The number of fused-ring (bicyclic) bond motifs is 2. The minimum absolute atomic E-state index is 0.244. The van der Waals surface area contributed by atoms with Crippen molar-refractivity contribution in [3.8, 4) is 5.75 Å². The number of hydrogen-bond donors (Lipinski definition) is 0. The van der Waals surface area contributed by atoms with Crippen LogP contribution in [0.4, 0.5) is 0 Å². The van der Waals surface area contributed by atoms with Crippen molar-refractivity contribution < 1.29 is 13.2 Å². The summed E-state index contributed by atoms with van der Waals surface area (Å²) < 4.78 is 34.2. The molecule has 138 valence electrons. The van der Waals surface area contributed by atoms with Gasteiger partial charge in [-0.25, -0.2) is 17.4 Å². The van der Waals surface area contributed by atoms with Crippen LogP contribution in [0.25, 0.3) is 21.8 Å². The fraction of sp³-hybridized carbons (Fsp3) is 0.190. The fourth-order valence-corrected chi connectivity index (χ4v) is 5.03. The molecule has 0 aliphatic carbocycles. The SMILES string of the molecule is CCCOc1ccc(S(=O)(=O)n2c(C)nc3ccccc32)c2ccccc12. The van der Waals surface area contributed by atoms with E-state index in [1.165, 1.54) is 3.97 Å². The highest BCUT2D eigenvalue weighted by Crippen LogP contribution is 2.33. The van der Waals surface area contributed by atoms with Gasteiger partial charge in [-0.2, -0.15) is 0 Å². The van der Waals surface area contributed by atoms with Crippen LogP contribution in [-0.2, 0) is 10.0 Å². The van der Waals surface area contributed by atoms with E-state index in [4.69, 9.17) is 4.74 Å². The second kappa shape index (κ2) is 6.70. The van der Waals surface area contributed by atoms with E-state index in [0.717, 1.165) is 11.8 Å². The van der Waals surface area contributed by atoms with E-state index in [1.54, 1.807) is 25.1 Å². The molecule has 5 nitrogen and oxygen atoms in total. The maximum Gasteiger partial charge on any atom is 0.270 e. The minimum Gasteiger partial charge on any atom is -0.493 e. The maximum absolute atomic E-state index is 13.6. The molecule has 0 amide bonds. The summed E-state index contributed by atoms with van der Waals surface area (Å²) in [4.78, 5) is 4.65. The van der Waals surface area contributed by atoms with Crippen LogP contribution in [0.5, 0.6) is 5.75 Å². The number of ether oxygens (including phenoxy) is 1. The molecule has 1 heterocycles. The van der Waals surface area contributed by atoms with Gasteiger partial charge >= 0.3 is 0 Å². The third-order valence-electron chi connectivity index (χ3n) is 4.50. The van der Waals surface area contributed by atoms with E-state index < -0.39 is 10.0 Å². The molecule has 4 aromatic rings.